The number of hydrogen-bond donors (Lipinski definition) is 2. The fourth-order valence-corrected chi connectivity index (χ4v) is 1.86. The zero-order chi connectivity index (χ0) is 15.4. The van der Waals surface area contributed by atoms with E-state index in [-0.39, 0.29) is 28.8 Å². The van der Waals surface area contributed by atoms with Gasteiger partial charge in [0.05, 0.1) is 0 Å². The van der Waals surface area contributed by atoms with Gasteiger partial charge in [0.15, 0.2) is 5.69 Å². The Bertz CT molecular complexity index is 688. The predicted octanol–water partition coefficient (Wildman–Crippen LogP) is 2.09. The molecule has 2 N–H and O–H groups in total. The van der Waals surface area contributed by atoms with E-state index >= 15 is 0 Å². The van der Waals surface area contributed by atoms with Gasteiger partial charge < -0.3 is 15.2 Å². The number of aromatic nitrogens is 2. The molecule has 0 saturated carbocycles. The Balaban J connectivity index is 2.26. The topological polar surface area (TPSA) is 101 Å². The first kappa shape index (κ1) is 14.9. The molecule has 0 saturated heterocycles. The lowest BCUT2D eigenvalue weighted by Gasteiger charge is -2.08. The molecular weight excluding hydrogens is 342 g/mol. The summed E-state index contributed by atoms with van der Waals surface area (Å²) >= 11 is 3.19. The highest BCUT2D eigenvalue weighted by molar-refractivity contribution is 9.10. The van der Waals surface area contributed by atoms with Crippen molar-refractivity contribution in [3.63, 3.8) is 0 Å². The number of amides is 1. The van der Waals surface area contributed by atoms with Crippen molar-refractivity contribution in [3.05, 3.63) is 46.1 Å². The lowest BCUT2D eigenvalue weighted by Crippen LogP contribution is -2.19. The second-order valence-electron chi connectivity index (χ2n) is 3.88. The van der Waals surface area contributed by atoms with Crippen molar-refractivity contribution < 1.29 is 19.4 Å². The van der Waals surface area contributed by atoms with Gasteiger partial charge in [0.25, 0.3) is 5.91 Å². The number of carbonyl (C=O) groups is 2. The van der Waals surface area contributed by atoms with Crippen LogP contribution in [-0.2, 0) is 0 Å². The third-order valence-corrected chi connectivity index (χ3v) is 2.98. The first-order chi connectivity index (χ1) is 10.0. The maximum absolute atomic E-state index is 11.3. The fourth-order valence-electron chi connectivity index (χ4n) is 1.49. The van der Waals surface area contributed by atoms with E-state index in [1.54, 1.807) is 6.07 Å². The Morgan fingerprint density at radius 1 is 1.24 bits per heavy atom. The highest BCUT2D eigenvalue weighted by atomic mass is 79.9. The van der Waals surface area contributed by atoms with Crippen LogP contribution >= 0.6 is 15.9 Å². The van der Waals surface area contributed by atoms with Crippen LogP contribution in [0.25, 0.3) is 0 Å². The van der Waals surface area contributed by atoms with Crippen LogP contribution in [0.2, 0.25) is 0 Å². The summed E-state index contributed by atoms with van der Waals surface area (Å²) in [4.78, 5) is 22.5. The van der Waals surface area contributed by atoms with Gasteiger partial charge in [-0.05, 0) is 24.3 Å². The first-order valence-corrected chi connectivity index (χ1v) is 6.57. The van der Waals surface area contributed by atoms with Gasteiger partial charge in [-0.1, -0.05) is 15.9 Å². The summed E-state index contributed by atoms with van der Waals surface area (Å²) in [7, 11) is 1.48. The SMILES string of the molecule is CNC(=O)c1ccc(Oc2ccc(Br)cc2C(=O)O)nn1. The number of hydrogen-bond acceptors (Lipinski definition) is 5. The van der Waals surface area contributed by atoms with Crippen LogP contribution in [0.4, 0.5) is 0 Å². The van der Waals surface area contributed by atoms with Gasteiger partial charge in [-0.25, -0.2) is 4.79 Å². The number of nitrogens with zero attached hydrogens (tertiary/aromatic N) is 2. The minimum Gasteiger partial charge on any atom is -0.478 e. The summed E-state index contributed by atoms with van der Waals surface area (Å²) in [5.41, 5.74) is 0.126. The largest absolute Gasteiger partial charge is 0.478 e. The van der Waals surface area contributed by atoms with Crippen molar-refractivity contribution in [3.8, 4) is 11.6 Å². The Labute approximate surface area is 128 Å². The minimum atomic E-state index is -1.12. The number of halogens is 1. The van der Waals surface area contributed by atoms with Crippen molar-refractivity contribution in [2.24, 2.45) is 0 Å². The summed E-state index contributed by atoms with van der Waals surface area (Å²) in [5, 5.41) is 19.0. The quantitative estimate of drug-likeness (QED) is 0.874. The Hall–Kier alpha value is -2.48. The molecule has 0 aliphatic heterocycles. The summed E-state index contributed by atoms with van der Waals surface area (Å²) in [6.07, 6.45) is 0. The van der Waals surface area contributed by atoms with Gasteiger partial charge in [0.2, 0.25) is 5.88 Å². The molecule has 7 nitrogen and oxygen atoms in total. The highest BCUT2D eigenvalue weighted by Gasteiger charge is 2.14. The molecule has 1 amide bonds. The Kier molecular flexibility index (Phi) is 4.49. The molecule has 108 valence electrons. The molecule has 1 aromatic heterocycles. The second kappa shape index (κ2) is 6.31. The third kappa shape index (κ3) is 3.54. The molecule has 1 heterocycles. The zero-order valence-electron chi connectivity index (χ0n) is 10.8. The van der Waals surface area contributed by atoms with Gasteiger partial charge >= 0.3 is 5.97 Å². The number of aromatic carboxylic acids is 1. The Morgan fingerprint density at radius 2 is 2.00 bits per heavy atom. The number of nitrogens with one attached hydrogen (secondary N) is 1. The molecule has 0 unspecified atom stereocenters. The highest BCUT2D eigenvalue weighted by Crippen LogP contribution is 2.26. The van der Waals surface area contributed by atoms with Gasteiger partial charge in [0, 0.05) is 17.6 Å². The van der Waals surface area contributed by atoms with E-state index in [1.165, 1.54) is 31.3 Å². The molecule has 1 aromatic carbocycles. The van der Waals surface area contributed by atoms with Crippen LogP contribution in [-0.4, -0.2) is 34.2 Å². The number of carboxylic acid groups (broad SMARTS) is 1. The normalized spacial score (nSPS) is 10.0. The molecule has 0 aliphatic carbocycles. The van der Waals surface area contributed by atoms with E-state index in [4.69, 9.17) is 9.84 Å². The molecule has 0 radical (unpaired) electrons. The average molecular weight is 352 g/mol. The van der Waals surface area contributed by atoms with Gasteiger partial charge in [-0.2, -0.15) is 0 Å². The summed E-state index contributed by atoms with van der Waals surface area (Å²) < 4.78 is 6.01. The Morgan fingerprint density at radius 3 is 2.57 bits per heavy atom. The van der Waals surface area contributed by atoms with Crippen LogP contribution in [0.5, 0.6) is 11.6 Å². The zero-order valence-corrected chi connectivity index (χ0v) is 12.4. The number of ether oxygens (including phenoxy) is 1. The van der Waals surface area contributed by atoms with Gasteiger partial charge in [-0.3, -0.25) is 4.79 Å². The third-order valence-electron chi connectivity index (χ3n) is 2.49. The van der Waals surface area contributed by atoms with Crippen molar-refractivity contribution in [2.45, 2.75) is 0 Å². The molecule has 2 rings (SSSR count). The maximum atomic E-state index is 11.3. The standard InChI is InChI=1S/C13H10BrN3O4/c1-15-12(18)9-3-5-11(17-16-9)21-10-4-2-7(14)6-8(10)13(19)20/h2-6H,1H3,(H,15,18)(H,19,20). The molecule has 0 fully saturated rings. The monoisotopic (exact) mass is 351 g/mol. The summed E-state index contributed by atoms with van der Waals surface area (Å²) in [5.74, 6) is -1.27. The lowest BCUT2D eigenvalue weighted by molar-refractivity contribution is 0.0693. The molecule has 0 bridgehead atoms. The van der Waals surface area contributed by atoms with E-state index in [2.05, 4.69) is 31.4 Å². The van der Waals surface area contributed by atoms with Gasteiger partial charge in [0.1, 0.15) is 11.3 Å². The maximum Gasteiger partial charge on any atom is 0.339 e. The number of carboxylic acids is 1. The van der Waals surface area contributed by atoms with Crippen LogP contribution in [0.1, 0.15) is 20.8 Å². The van der Waals surface area contributed by atoms with Crippen molar-refractivity contribution in [1.29, 1.82) is 0 Å². The van der Waals surface area contributed by atoms with E-state index in [9.17, 15) is 9.59 Å². The molecule has 0 spiro atoms. The van der Waals surface area contributed by atoms with E-state index < -0.39 is 5.97 Å². The molecule has 21 heavy (non-hydrogen) atoms. The average Bonchev–Trinajstić information content (AvgIpc) is 2.49. The van der Waals surface area contributed by atoms with E-state index in [0.29, 0.717) is 4.47 Å². The minimum absolute atomic E-state index is 0.0125. The van der Waals surface area contributed by atoms with Crippen molar-refractivity contribution in [2.75, 3.05) is 7.05 Å². The van der Waals surface area contributed by atoms with E-state index in [1.807, 2.05) is 0 Å². The molecule has 0 aliphatic rings. The van der Waals surface area contributed by atoms with Crippen LogP contribution in [0.3, 0.4) is 0 Å². The number of rotatable bonds is 4. The van der Waals surface area contributed by atoms with Crippen LogP contribution in [0, 0.1) is 0 Å². The number of benzene rings is 1. The number of carbonyl (C=O) groups excluding carboxylic acids is 1. The van der Waals surface area contributed by atoms with E-state index in [0.717, 1.165) is 0 Å². The molecular formula is C13H10BrN3O4. The second-order valence-corrected chi connectivity index (χ2v) is 4.80. The lowest BCUT2D eigenvalue weighted by atomic mass is 10.2. The van der Waals surface area contributed by atoms with Crippen molar-refractivity contribution in [1.82, 2.24) is 15.5 Å². The van der Waals surface area contributed by atoms with Crippen LogP contribution in [0.15, 0.2) is 34.8 Å². The summed E-state index contributed by atoms with van der Waals surface area (Å²) in [6.45, 7) is 0. The van der Waals surface area contributed by atoms with Gasteiger partial charge in [-0.15, -0.1) is 10.2 Å². The first-order valence-electron chi connectivity index (χ1n) is 5.78. The van der Waals surface area contributed by atoms with Crippen molar-refractivity contribution >= 4 is 27.8 Å². The molecule has 8 heteroatoms. The smallest absolute Gasteiger partial charge is 0.339 e. The molecule has 0 atom stereocenters. The fraction of sp³-hybridized carbons (Fsp3) is 0.0769. The van der Waals surface area contributed by atoms with Crippen LogP contribution < -0.4 is 10.1 Å². The predicted molar refractivity (Wildman–Crippen MR) is 76.6 cm³/mol. The molecule has 2 aromatic rings. The summed E-state index contributed by atoms with van der Waals surface area (Å²) in [6, 6.07) is 7.44.